The van der Waals surface area contributed by atoms with Gasteiger partial charge in [-0.1, -0.05) is 0 Å². The number of carbonyl (C=O) groups is 3. The molecule has 20 heavy (non-hydrogen) atoms. The highest BCUT2D eigenvalue weighted by molar-refractivity contribution is 5.94. The van der Waals surface area contributed by atoms with Crippen LogP contribution in [0, 0.1) is 5.92 Å². The van der Waals surface area contributed by atoms with Gasteiger partial charge in [0.15, 0.2) is 5.76 Å². The third-order valence-corrected chi connectivity index (χ3v) is 3.25. The molecule has 1 unspecified atom stereocenters. The van der Waals surface area contributed by atoms with Crippen LogP contribution in [-0.4, -0.2) is 47.4 Å². The zero-order valence-electron chi connectivity index (χ0n) is 10.9. The van der Waals surface area contributed by atoms with Gasteiger partial charge in [0.05, 0.1) is 12.8 Å². The van der Waals surface area contributed by atoms with Gasteiger partial charge in [-0.05, 0) is 24.5 Å². The number of likely N-dealkylation sites (tertiary alicyclic amines) is 1. The number of rotatable bonds is 5. The van der Waals surface area contributed by atoms with Crippen LogP contribution in [0.1, 0.15) is 23.4 Å². The maximum atomic E-state index is 11.9. The van der Waals surface area contributed by atoms with Gasteiger partial charge in [0, 0.05) is 19.5 Å². The van der Waals surface area contributed by atoms with Gasteiger partial charge in [-0.3, -0.25) is 14.4 Å². The molecule has 1 saturated heterocycles. The van der Waals surface area contributed by atoms with Crippen LogP contribution in [0.25, 0.3) is 0 Å². The molecule has 7 heteroatoms. The van der Waals surface area contributed by atoms with Gasteiger partial charge in [0.1, 0.15) is 0 Å². The second kappa shape index (κ2) is 6.23. The van der Waals surface area contributed by atoms with E-state index in [2.05, 4.69) is 5.32 Å². The maximum absolute atomic E-state index is 11.9. The molecular weight excluding hydrogens is 264 g/mol. The minimum atomic E-state index is -0.851. The van der Waals surface area contributed by atoms with E-state index in [4.69, 9.17) is 9.52 Å². The molecule has 1 aromatic heterocycles. The minimum absolute atomic E-state index is 0.00257. The number of furan rings is 1. The van der Waals surface area contributed by atoms with Crippen molar-refractivity contribution < 1.29 is 23.9 Å². The van der Waals surface area contributed by atoms with Crippen molar-refractivity contribution in [3.8, 4) is 0 Å². The summed E-state index contributed by atoms with van der Waals surface area (Å²) in [6, 6.07) is 3.10. The van der Waals surface area contributed by atoms with E-state index in [1.54, 1.807) is 11.0 Å². The summed E-state index contributed by atoms with van der Waals surface area (Å²) in [4.78, 5) is 35.7. The van der Waals surface area contributed by atoms with Crippen molar-refractivity contribution in [1.29, 1.82) is 0 Å². The first-order valence-electron chi connectivity index (χ1n) is 6.37. The fraction of sp³-hybridized carbons (Fsp3) is 0.462. The molecule has 1 fully saturated rings. The van der Waals surface area contributed by atoms with Gasteiger partial charge in [0.25, 0.3) is 5.91 Å². The van der Waals surface area contributed by atoms with Gasteiger partial charge < -0.3 is 19.7 Å². The van der Waals surface area contributed by atoms with Crippen LogP contribution in [0.3, 0.4) is 0 Å². The smallest absolute Gasteiger partial charge is 0.303 e. The molecule has 0 bridgehead atoms. The highest BCUT2D eigenvalue weighted by atomic mass is 16.4. The predicted molar refractivity (Wildman–Crippen MR) is 68.0 cm³/mol. The molecule has 108 valence electrons. The molecule has 0 aromatic carbocycles. The Balaban J connectivity index is 1.76. The summed E-state index contributed by atoms with van der Waals surface area (Å²) in [7, 11) is 0. The van der Waals surface area contributed by atoms with Gasteiger partial charge in [0.2, 0.25) is 5.91 Å². The normalized spacial score (nSPS) is 18.0. The van der Waals surface area contributed by atoms with Gasteiger partial charge in [-0.15, -0.1) is 0 Å². The summed E-state index contributed by atoms with van der Waals surface area (Å²) < 4.78 is 4.91. The first-order valence-corrected chi connectivity index (χ1v) is 6.37. The van der Waals surface area contributed by atoms with E-state index in [-0.39, 0.29) is 30.6 Å². The van der Waals surface area contributed by atoms with Crippen molar-refractivity contribution in [2.75, 3.05) is 19.6 Å². The average Bonchev–Trinajstić information content (AvgIpc) is 3.05. The molecule has 2 N–H and O–H groups in total. The highest BCUT2D eigenvalue weighted by Crippen LogP contribution is 2.19. The van der Waals surface area contributed by atoms with E-state index in [1.807, 2.05) is 0 Å². The van der Waals surface area contributed by atoms with E-state index < -0.39 is 11.9 Å². The second-order valence-corrected chi connectivity index (χ2v) is 4.75. The van der Waals surface area contributed by atoms with E-state index in [9.17, 15) is 14.4 Å². The molecule has 0 spiro atoms. The van der Waals surface area contributed by atoms with Crippen LogP contribution in [0.2, 0.25) is 0 Å². The Morgan fingerprint density at radius 2 is 2.25 bits per heavy atom. The summed E-state index contributed by atoms with van der Waals surface area (Å²) in [5.41, 5.74) is 0. The Kier molecular flexibility index (Phi) is 4.39. The van der Waals surface area contributed by atoms with Crippen molar-refractivity contribution >= 4 is 17.8 Å². The number of carboxylic acids is 1. The summed E-state index contributed by atoms with van der Waals surface area (Å²) in [6.07, 6.45) is 2.14. The van der Waals surface area contributed by atoms with Gasteiger partial charge in [-0.25, -0.2) is 0 Å². The summed E-state index contributed by atoms with van der Waals surface area (Å²) >= 11 is 0. The van der Waals surface area contributed by atoms with E-state index >= 15 is 0 Å². The Labute approximate surface area is 115 Å². The number of carboxylic acid groups (broad SMARTS) is 1. The quantitative estimate of drug-likeness (QED) is 0.809. The van der Waals surface area contributed by atoms with Crippen molar-refractivity contribution in [2.24, 2.45) is 5.92 Å². The Bertz CT molecular complexity index is 497. The number of nitrogens with zero attached hydrogens (tertiary/aromatic N) is 1. The molecule has 2 rings (SSSR count). The van der Waals surface area contributed by atoms with E-state index in [1.165, 1.54) is 12.3 Å². The number of hydrogen-bond donors (Lipinski definition) is 2. The Morgan fingerprint density at radius 3 is 2.90 bits per heavy atom. The van der Waals surface area contributed by atoms with Gasteiger partial charge >= 0.3 is 5.97 Å². The molecular formula is C13H16N2O5. The standard InChI is InChI=1S/C13H16N2O5/c16-11(7-14-13(19)10-2-1-5-20-10)15-4-3-9(8-15)6-12(17)18/h1-2,5,9H,3-4,6-8H2,(H,14,19)(H,17,18). The van der Waals surface area contributed by atoms with Crippen LogP contribution < -0.4 is 5.32 Å². The van der Waals surface area contributed by atoms with Gasteiger partial charge in [-0.2, -0.15) is 0 Å². The second-order valence-electron chi connectivity index (χ2n) is 4.75. The van der Waals surface area contributed by atoms with Crippen LogP contribution in [0.15, 0.2) is 22.8 Å². The number of hydrogen-bond acceptors (Lipinski definition) is 4. The maximum Gasteiger partial charge on any atom is 0.303 e. The largest absolute Gasteiger partial charge is 0.481 e. The first kappa shape index (κ1) is 14.1. The van der Waals surface area contributed by atoms with Crippen LogP contribution in [0.4, 0.5) is 0 Å². The van der Waals surface area contributed by atoms with E-state index in [0.717, 1.165) is 0 Å². The number of amides is 2. The predicted octanol–water partition coefficient (Wildman–Crippen LogP) is 0.333. The molecule has 0 saturated carbocycles. The van der Waals surface area contributed by atoms with Crippen molar-refractivity contribution in [3.05, 3.63) is 24.2 Å². The lowest BCUT2D eigenvalue weighted by Gasteiger charge is -2.16. The van der Waals surface area contributed by atoms with Crippen molar-refractivity contribution in [2.45, 2.75) is 12.8 Å². The lowest BCUT2D eigenvalue weighted by molar-refractivity contribution is -0.138. The molecule has 0 radical (unpaired) electrons. The topological polar surface area (TPSA) is 99.9 Å². The fourth-order valence-corrected chi connectivity index (χ4v) is 2.24. The summed E-state index contributed by atoms with van der Waals surface area (Å²) in [6.45, 7) is 0.856. The number of aliphatic carboxylic acids is 1. The number of nitrogens with one attached hydrogen (secondary N) is 1. The fourth-order valence-electron chi connectivity index (χ4n) is 2.24. The van der Waals surface area contributed by atoms with Crippen LogP contribution >= 0.6 is 0 Å². The molecule has 2 heterocycles. The minimum Gasteiger partial charge on any atom is -0.481 e. The SMILES string of the molecule is O=C(O)CC1CCN(C(=O)CNC(=O)c2ccco2)C1. The summed E-state index contributed by atoms with van der Waals surface area (Å²) in [5, 5.41) is 11.2. The Morgan fingerprint density at radius 1 is 1.45 bits per heavy atom. The molecule has 1 aliphatic rings. The summed E-state index contributed by atoms with van der Waals surface area (Å²) in [5.74, 6) is -1.35. The molecule has 1 atom stereocenters. The third kappa shape index (κ3) is 3.59. The Hall–Kier alpha value is -2.31. The first-order chi connectivity index (χ1) is 9.56. The van der Waals surface area contributed by atoms with Crippen LogP contribution in [-0.2, 0) is 9.59 Å². The van der Waals surface area contributed by atoms with E-state index in [0.29, 0.717) is 19.5 Å². The molecule has 7 nitrogen and oxygen atoms in total. The zero-order valence-corrected chi connectivity index (χ0v) is 10.9. The molecule has 2 amide bonds. The lowest BCUT2D eigenvalue weighted by Crippen LogP contribution is -2.39. The monoisotopic (exact) mass is 280 g/mol. The third-order valence-electron chi connectivity index (χ3n) is 3.25. The van der Waals surface area contributed by atoms with Crippen molar-refractivity contribution in [1.82, 2.24) is 10.2 Å². The zero-order chi connectivity index (χ0) is 14.5. The number of carbonyl (C=O) groups excluding carboxylic acids is 2. The highest BCUT2D eigenvalue weighted by Gasteiger charge is 2.27. The molecule has 1 aromatic rings. The lowest BCUT2D eigenvalue weighted by atomic mass is 10.1. The van der Waals surface area contributed by atoms with Crippen LogP contribution in [0.5, 0.6) is 0 Å². The molecule has 0 aliphatic carbocycles. The average molecular weight is 280 g/mol. The van der Waals surface area contributed by atoms with Crippen molar-refractivity contribution in [3.63, 3.8) is 0 Å². The molecule has 1 aliphatic heterocycles.